The van der Waals surface area contributed by atoms with Crippen molar-refractivity contribution in [2.75, 3.05) is 19.5 Å². The van der Waals surface area contributed by atoms with Crippen LogP contribution in [0, 0.1) is 0 Å². The molecule has 0 saturated heterocycles. The number of nitrogens with zero attached hydrogens (tertiary/aromatic N) is 3. The van der Waals surface area contributed by atoms with Gasteiger partial charge in [-0.3, -0.25) is 4.79 Å². The molecule has 0 radical (unpaired) electrons. The van der Waals surface area contributed by atoms with E-state index >= 15 is 0 Å². The minimum Gasteiger partial charge on any atom is -0.497 e. The van der Waals surface area contributed by atoms with Crippen molar-refractivity contribution < 1.29 is 14.3 Å². The molecule has 9 heteroatoms. The van der Waals surface area contributed by atoms with Gasteiger partial charge in [0.05, 0.1) is 30.0 Å². The van der Waals surface area contributed by atoms with E-state index in [-0.39, 0.29) is 11.9 Å². The van der Waals surface area contributed by atoms with Crippen molar-refractivity contribution in [3.05, 3.63) is 82.3 Å². The summed E-state index contributed by atoms with van der Waals surface area (Å²) in [5.74, 6) is 0.947. The fraction of sp³-hybridized carbons (Fsp3) is 0.0870. The maximum absolute atomic E-state index is 12.6. The number of rotatable bonds is 6. The highest BCUT2D eigenvalue weighted by Crippen LogP contribution is 2.30. The summed E-state index contributed by atoms with van der Waals surface area (Å²) in [6, 6.07) is 19.5. The van der Waals surface area contributed by atoms with Crippen molar-refractivity contribution in [3.63, 3.8) is 0 Å². The van der Waals surface area contributed by atoms with Crippen LogP contribution in [0.1, 0.15) is 10.4 Å². The predicted molar refractivity (Wildman–Crippen MR) is 124 cm³/mol. The Labute approximate surface area is 194 Å². The van der Waals surface area contributed by atoms with Crippen LogP contribution >= 0.6 is 23.2 Å². The highest BCUT2D eigenvalue weighted by atomic mass is 35.5. The normalized spacial score (nSPS) is 10.6. The van der Waals surface area contributed by atoms with E-state index in [1.807, 2.05) is 12.1 Å². The molecule has 0 aliphatic rings. The molecule has 0 aliphatic heterocycles. The molecular weight excluding hydrogens is 451 g/mol. The first kappa shape index (κ1) is 21.7. The maximum Gasteiger partial charge on any atom is 0.336 e. The molecule has 0 spiro atoms. The van der Waals surface area contributed by atoms with Crippen LogP contribution in [-0.2, 0) is 0 Å². The molecule has 1 amide bonds. The van der Waals surface area contributed by atoms with Gasteiger partial charge in [0, 0.05) is 16.8 Å². The van der Waals surface area contributed by atoms with Crippen LogP contribution in [0.25, 0.3) is 17.1 Å². The van der Waals surface area contributed by atoms with Crippen LogP contribution < -0.4 is 14.8 Å². The average Bonchev–Trinajstić information content (AvgIpc) is 3.26. The lowest BCUT2D eigenvalue weighted by Gasteiger charge is -2.10. The van der Waals surface area contributed by atoms with E-state index < -0.39 is 0 Å². The Morgan fingerprint density at radius 1 is 0.938 bits per heavy atom. The highest BCUT2D eigenvalue weighted by molar-refractivity contribution is 6.42. The maximum atomic E-state index is 12.6. The van der Waals surface area contributed by atoms with Crippen LogP contribution in [0.5, 0.6) is 11.8 Å². The van der Waals surface area contributed by atoms with E-state index in [1.165, 1.54) is 7.11 Å². The molecule has 7 nitrogen and oxygen atoms in total. The zero-order valence-corrected chi connectivity index (χ0v) is 18.7. The summed E-state index contributed by atoms with van der Waals surface area (Å²) in [7, 11) is 3.07. The molecule has 162 valence electrons. The van der Waals surface area contributed by atoms with Crippen molar-refractivity contribution >= 4 is 34.8 Å². The summed E-state index contributed by atoms with van der Waals surface area (Å²) in [6.07, 6.45) is 0. The van der Waals surface area contributed by atoms with Crippen molar-refractivity contribution in [1.82, 2.24) is 14.8 Å². The molecule has 0 unspecified atom stereocenters. The number of methoxy groups -OCH3 is 2. The summed E-state index contributed by atoms with van der Waals surface area (Å²) in [5.41, 5.74) is 2.49. The van der Waals surface area contributed by atoms with Crippen LogP contribution in [-0.4, -0.2) is 34.9 Å². The lowest BCUT2D eigenvalue weighted by atomic mass is 10.2. The van der Waals surface area contributed by atoms with Crippen LogP contribution in [0.15, 0.2) is 66.7 Å². The monoisotopic (exact) mass is 468 g/mol. The third kappa shape index (κ3) is 4.54. The topological polar surface area (TPSA) is 78.3 Å². The number of halogens is 2. The van der Waals surface area contributed by atoms with Gasteiger partial charge < -0.3 is 14.8 Å². The fourth-order valence-corrected chi connectivity index (χ4v) is 3.34. The van der Waals surface area contributed by atoms with Crippen molar-refractivity contribution in [2.45, 2.75) is 0 Å². The van der Waals surface area contributed by atoms with Gasteiger partial charge in [0.1, 0.15) is 5.75 Å². The Kier molecular flexibility index (Phi) is 6.30. The first-order valence-electron chi connectivity index (χ1n) is 9.51. The molecule has 0 aliphatic carbocycles. The van der Waals surface area contributed by atoms with E-state index in [2.05, 4.69) is 15.4 Å². The Morgan fingerprint density at radius 3 is 2.41 bits per heavy atom. The van der Waals surface area contributed by atoms with Crippen molar-refractivity contribution in [2.24, 2.45) is 0 Å². The van der Waals surface area contributed by atoms with E-state index in [4.69, 9.17) is 32.7 Å². The third-order valence-electron chi connectivity index (χ3n) is 4.65. The van der Waals surface area contributed by atoms with Gasteiger partial charge in [-0.1, -0.05) is 29.3 Å². The summed E-state index contributed by atoms with van der Waals surface area (Å²) in [5, 5.41) is 8.14. The second kappa shape index (κ2) is 9.30. The Balaban J connectivity index is 1.66. The minimum atomic E-state index is -0.245. The van der Waals surface area contributed by atoms with Crippen LogP contribution in [0.3, 0.4) is 0 Å². The first-order valence-corrected chi connectivity index (χ1v) is 10.3. The minimum absolute atomic E-state index is 0.193. The second-order valence-corrected chi connectivity index (χ2v) is 7.51. The van der Waals surface area contributed by atoms with E-state index in [0.717, 1.165) is 0 Å². The second-order valence-electron chi connectivity index (χ2n) is 6.70. The van der Waals surface area contributed by atoms with Gasteiger partial charge in [-0.2, -0.15) is 4.98 Å². The number of anilines is 1. The van der Waals surface area contributed by atoms with Gasteiger partial charge in [0.15, 0.2) is 5.82 Å². The fourth-order valence-electron chi connectivity index (χ4n) is 3.04. The number of aromatic nitrogens is 3. The standard InChI is InChI=1S/C23H18Cl2N4O3/c1-31-18-9-6-14(7-10-18)22(30)26-16-4-3-5-17(13-16)29-21(27-23(28-29)32-2)15-8-11-19(24)20(25)12-15/h3-13H,1-2H3,(H,26,30). The number of carbonyl (C=O) groups excluding carboxylic acids is 1. The molecule has 4 rings (SSSR count). The summed E-state index contributed by atoms with van der Waals surface area (Å²) < 4.78 is 12.0. The summed E-state index contributed by atoms with van der Waals surface area (Å²) in [4.78, 5) is 17.1. The molecule has 4 aromatic rings. The van der Waals surface area contributed by atoms with Crippen molar-refractivity contribution in [3.8, 4) is 28.8 Å². The molecular formula is C23H18Cl2N4O3. The molecule has 0 bridgehead atoms. The van der Waals surface area contributed by atoms with Gasteiger partial charge in [0.25, 0.3) is 5.91 Å². The number of ether oxygens (including phenoxy) is 2. The van der Waals surface area contributed by atoms with Gasteiger partial charge in [-0.25, -0.2) is 4.68 Å². The smallest absolute Gasteiger partial charge is 0.336 e. The average molecular weight is 469 g/mol. The highest BCUT2D eigenvalue weighted by Gasteiger charge is 2.16. The largest absolute Gasteiger partial charge is 0.497 e. The molecule has 3 aromatic carbocycles. The van der Waals surface area contributed by atoms with E-state index in [9.17, 15) is 4.79 Å². The van der Waals surface area contributed by atoms with Gasteiger partial charge >= 0.3 is 6.01 Å². The number of amides is 1. The Morgan fingerprint density at radius 2 is 1.72 bits per heavy atom. The zero-order chi connectivity index (χ0) is 22.7. The number of hydrogen-bond acceptors (Lipinski definition) is 5. The Bertz CT molecular complexity index is 1270. The molecule has 1 heterocycles. The SMILES string of the molecule is COc1ccc(C(=O)Nc2cccc(-n3nc(OC)nc3-c3ccc(Cl)c(Cl)c3)c2)cc1. The summed E-state index contributed by atoms with van der Waals surface area (Å²) in [6.45, 7) is 0. The zero-order valence-electron chi connectivity index (χ0n) is 17.2. The molecule has 1 aromatic heterocycles. The molecule has 0 saturated carbocycles. The number of benzene rings is 3. The van der Waals surface area contributed by atoms with Gasteiger partial charge in [-0.05, 0) is 60.7 Å². The quantitative estimate of drug-likeness (QED) is 0.403. The molecule has 32 heavy (non-hydrogen) atoms. The number of carbonyl (C=O) groups is 1. The van der Waals surface area contributed by atoms with Gasteiger partial charge in [0.2, 0.25) is 0 Å². The first-order chi connectivity index (χ1) is 15.5. The van der Waals surface area contributed by atoms with Crippen molar-refractivity contribution in [1.29, 1.82) is 0 Å². The molecule has 0 fully saturated rings. The predicted octanol–water partition coefficient (Wildman–Crippen LogP) is 5.51. The van der Waals surface area contributed by atoms with Crippen LogP contribution in [0.4, 0.5) is 5.69 Å². The van der Waals surface area contributed by atoms with E-state index in [0.29, 0.717) is 44.1 Å². The molecule has 1 N–H and O–H groups in total. The lowest BCUT2D eigenvalue weighted by molar-refractivity contribution is 0.102. The molecule has 0 atom stereocenters. The van der Waals surface area contributed by atoms with Gasteiger partial charge in [-0.15, -0.1) is 5.10 Å². The number of hydrogen-bond donors (Lipinski definition) is 1. The third-order valence-corrected chi connectivity index (χ3v) is 5.39. The van der Waals surface area contributed by atoms with E-state index in [1.54, 1.807) is 66.4 Å². The Hall–Kier alpha value is -3.55. The van der Waals surface area contributed by atoms with Crippen LogP contribution in [0.2, 0.25) is 10.0 Å². The number of nitrogens with one attached hydrogen (secondary N) is 1. The lowest BCUT2D eigenvalue weighted by Crippen LogP contribution is -2.12. The summed E-state index contributed by atoms with van der Waals surface area (Å²) >= 11 is 12.2.